The summed E-state index contributed by atoms with van der Waals surface area (Å²) in [5, 5.41) is 8.84. The number of carboxylic acids is 1. The van der Waals surface area contributed by atoms with E-state index in [1.807, 2.05) is 0 Å². The second kappa shape index (κ2) is 4.96. The first-order chi connectivity index (χ1) is 9.20. The first kappa shape index (κ1) is 14.6. The second-order valence-corrected chi connectivity index (χ2v) is 4.96. The molecule has 1 aliphatic rings. The van der Waals surface area contributed by atoms with E-state index >= 15 is 0 Å². The number of halogens is 4. The van der Waals surface area contributed by atoms with Gasteiger partial charge in [0.1, 0.15) is 5.82 Å². The summed E-state index contributed by atoms with van der Waals surface area (Å²) in [4.78, 5) is 12.3. The lowest BCUT2D eigenvalue weighted by molar-refractivity contribution is -0.143. The molecule has 110 valence electrons. The van der Waals surface area contributed by atoms with Crippen LogP contribution < -0.4 is 4.90 Å². The zero-order valence-electron chi connectivity index (χ0n) is 10.6. The molecule has 0 spiro atoms. The van der Waals surface area contributed by atoms with E-state index in [1.54, 1.807) is 11.8 Å². The SMILES string of the molecule is CC(C(=O)O)C1CN(c2ccc(C(F)(F)F)cc2F)C1. The Labute approximate surface area is 112 Å². The molecule has 1 N–H and O–H groups in total. The molecule has 1 aromatic rings. The summed E-state index contributed by atoms with van der Waals surface area (Å²) in [6.07, 6.45) is -4.57. The molecule has 7 heteroatoms. The van der Waals surface area contributed by atoms with Crippen LogP contribution in [0.4, 0.5) is 23.2 Å². The highest BCUT2D eigenvalue weighted by molar-refractivity contribution is 5.70. The molecule has 20 heavy (non-hydrogen) atoms. The number of carbonyl (C=O) groups is 1. The zero-order chi connectivity index (χ0) is 15.1. The van der Waals surface area contributed by atoms with Crippen molar-refractivity contribution in [2.45, 2.75) is 13.1 Å². The quantitative estimate of drug-likeness (QED) is 0.870. The third-order valence-corrected chi connectivity index (χ3v) is 3.62. The van der Waals surface area contributed by atoms with Gasteiger partial charge in [-0.05, 0) is 18.2 Å². The van der Waals surface area contributed by atoms with Gasteiger partial charge in [0.05, 0.1) is 17.2 Å². The van der Waals surface area contributed by atoms with E-state index in [-0.39, 0.29) is 11.6 Å². The summed E-state index contributed by atoms with van der Waals surface area (Å²) >= 11 is 0. The van der Waals surface area contributed by atoms with E-state index in [9.17, 15) is 22.4 Å². The van der Waals surface area contributed by atoms with Crippen LogP contribution in [0.25, 0.3) is 0 Å². The third-order valence-electron chi connectivity index (χ3n) is 3.62. The van der Waals surface area contributed by atoms with Crippen LogP contribution in [0, 0.1) is 17.7 Å². The fraction of sp³-hybridized carbons (Fsp3) is 0.462. The molecule has 0 radical (unpaired) electrons. The lowest BCUT2D eigenvalue weighted by atomic mass is 9.86. The average Bonchev–Trinajstić information content (AvgIpc) is 2.27. The molecule has 0 aliphatic carbocycles. The van der Waals surface area contributed by atoms with Gasteiger partial charge in [-0.2, -0.15) is 13.2 Å². The van der Waals surface area contributed by atoms with Crippen molar-refractivity contribution in [2.24, 2.45) is 11.8 Å². The molecule has 1 saturated heterocycles. The molecule has 1 unspecified atom stereocenters. The van der Waals surface area contributed by atoms with Gasteiger partial charge in [-0.3, -0.25) is 4.79 Å². The topological polar surface area (TPSA) is 40.5 Å². The van der Waals surface area contributed by atoms with Crippen molar-refractivity contribution in [2.75, 3.05) is 18.0 Å². The Kier molecular flexibility index (Phi) is 3.62. The Morgan fingerprint density at radius 3 is 2.45 bits per heavy atom. The smallest absolute Gasteiger partial charge is 0.416 e. The lowest BCUT2D eigenvalue weighted by Crippen LogP contribution is -2.51. The first-order valence-electron chi connectivity index (χ1n) is 6.04. The fourth-order valence-corrected chi connectivity index (χ4v) is 2.17. The molecule has 1 atom stereocenters. The predicted octanol–water partition coefficient (Wildman–Crippen LogP) is 3.00. The van der Waals surface area contributed by atoms with Crippen molar-refractivity contribution >= 4 is 11.7 Å². The van der Waals surface area contributed by atoms with Gasteiger partial charge in [0.2, 0.25) is 0 Å². The van der Waals surface area contributed by atoms with Crippen LogP contribution in [0.1, 0.15) is 12.5 Å². The highest BCUT2D eigenvalue weighted by atomic mass is 19.4. The van der Waals surface area contributed by atoms with Crippen LogP contribution in [0.15, 0.2) is 18.2 Å². The van der Waals surface area contributed by atoms with Crippen molar-refractivity contribution in [3.8, 4) is 0 Å². The van der Waals surface area contributed by atoms with Gasteiger partial charge in [-0.15, -0.1) is 0 Å². The lowest BCUT2D eigenvalue weighted by Gasteiger charge is -2.43. The fourth-order valence-electron chi connectivity index (χ4n) is 2.17. The number of aliphatic carboxylic acids is 1. The summed E-state index contributed by atoms with van der Waals surface area (Å²) in [6.45, 7) is 2.22. The minimum atomic E-state index is -4.57. The normalized spacial score (nSPS) is 17.8. The van der Waals surface area contributed by atoms with E-state index in [4.69, 9.17) is 5.11 Å². The van der Waals surface area contributed by atoms with Crippen LogP contribution in [0.2, 0.25) is 0 Å². The number of alkyl halides is 3. The van der Waals surface area contributed by atoms with Crippen molar-refractivity contribution in [1.29, 1.82) is 0 Å². The van der Waals surface area contributed by atoms with Crippen molar-refractivity contribution in [3.05, 3.63) is 29.6 Å². The molecule has 0 aromatic heterocycles. The number of rotatable bonds is 3. The molecule has 3 nitrogen and oxygen atoms in total. The maximum absolute atomic E-state index is 13.7. The Morgan fingerprint density at radius 1 is 1.40 bits per heavy atom. The summed E-state index contributed by atoms with van der Waals surface area (Å²) in [5.74, 6) is -2.54. The van der Waals surface area contributed by atoms with Crippen LogP contribution >= 0.6 is 0 Å². The summed E-state index contributed by atoms with van der Waals surface area (Å²) < 4.78 is 50.9. The van der Waals surface area contributed by atoms with Crippen LogP contribution in [-0.2, 0) is 11.0 Å². The van der Waals surface area contributed by atoms with E-state index in [0.717, 1.165) is 12.1 Å². The number of nitrogens with zero attached hydrogens (tertiary/aromatic N) is 1. The second-order valence-electron chi connectivity index (χ2n) is 4.96. The van der Waals surface area contributed by atoms with E-state index < -0.39 is 29.4 Å². The van der Waals surface area contributed by atoms with Gasteiger partial charge in [-0.25, -0.2) is 4.39 Å². The summed E-state index contributed by atoms with van der Waals surface area (Å²) in [5.41, 5.74) is -0.957. The maximum Gasteiger partial charge on any atom is 0.416 e. The summed E-state index contributed by atoms with van der Waals surface area (Å²) in [6, 6.07) is 2.37. The van der Waals surface area contributed by atoms with Gasteiger partial charge < -0.3 is 10.0 Å². The van der Waals surface area contributed by atoms with Crippen LogP contribution in [-0.4, -0.2) is 24.2 Å². The number of hydrogen-bond acceptors (Lipinski definition) is 2. The minimum Gasteiger partial charge on any atom is -0.481 e. The molecule has 0 bridgehead atoms. The highest BCUT2D eigenvalue weighted by Crippen LogP contribution is 2.35. The monoisotopic (exact) mass is 291 g/mol. The van der Waals surface area contributed by atoms with Gasteiger partial charge in [-0.1, -0.05) is 6.92 Å². The predicted molar refractivity (Wildman–Crippen MR) is 63.9 cm³/mol. The van der Waals surface area contributed by atoms with Crippen molar-refractivity contribution in [1.82, 2.24) is 0 Å². The van der Waals surface area contributed by atoms with E-state index in [0.29, 0.717) is 19.2 Å². The Morgan fingerprint density at radius 2 is 2.00 bits per heavy atom. The molecular weight excluding hydrogens is 278 g/mol. The zero-order valence-corrected chi connectivity index (χ0v) is 10.6. The van der Waals surface area contributed by atoms with Gasteiger partial charge in [0.15, 0.2) is 0 Å². The first-order valence-corrected chi connectivity index (χ1v) is 6.04. The molecule has 0 saturated carbocycles. The summed E-state index contributed by atoms with van der Waals surface area (Å²) in [7, 11) is 0. The molecule has 0 amide bonds. The Bertz CT molecular complexity index is 524. The van der Waals surface area contributed by atoms with Crippen LogP contribution in [0.3, 0.4) is 0 Å². The van der Waals surface area contributed by atoms with Crippen molar-refractivity contribution in [3.63, 3.8) is 0 Å². The van der Waals surface area contributed by atoms with Gasteiger partial charge in [0, 0.05) is 19.0 Å². The maximum atomic E-state index is 13.7. The van der Waals surface area contributed by atoms with Crippen molar-refractivity contribution < 1.29 is 27.5 Å². The molecule has 1 heterocycles. The Balaban J connectivity index is 2.08. The molecule has 2 rings (SSSR count). The number of benzene rings is 1. The third kappa shape index (κ3) is 2.71. The number of anilines is 1. The molecule has 1 aliphatic heterocycles. The van der Waals surface area contributed by atoms with E-state index in [2.05, 4.69) is 0 Å². The van der Waals surface area contributed by atoms with Gasteiger partial charge in [0.25, 0.3) is 0 Å². The standard InChI is InChI=1S/C13H13F4NO2/c1-7(12(19)20)8-5-18(6-8)11-3-2-9(4-10(11)14)13(15,16)17/h2-4,7-8H,5-6H2,1H3,(H,19,20). The van der Waals surface area contributed by atoms with Crippen LogP contribution in [0.5, 0.6) is 0 Å². The highest BCUT2D eigenvalue weighted by Gasteiger charge is 2.37. The Hall–Kier alpha value is -1.79. The largest absolute Gasteiger partial charge is 0.481 e. The number of hydrogen-bond donors (Lipinski definition) is 1. The molecular formula is C13H13F4NO2. The molecule has 1 aromatic carbocycles. The van der Waals surface area contributed by atoms with E-state index in [1.165, 1.54) is 0 Å². The number of carboxylic acid groups (broad SMARTS) is 1. The average molecular weight is 291 g/mol. The van der Waals surface area contributed by atoms with Gasteiger partial charge >= 0.3 is 12.1 Å². The molecule has 1 fully saturated rings. The minimum absolute atomic E-state index is 0.0758.